The maximum atomic E-state index is 5.42. The Balaban J connectivity index is 2.59. The standard InChI is InChI=1S/C15H20N4S/c1-4-11-8-7-9-12(5-2)13(11)19-10-17-14(16-6-3)18-15(19)20/h7-10H,4-6H2,1-3H3,(H,16,18,20). The van der Waals surface area contributed by atoms with E-state index in [1.54, 1.807) is 6.33 Å². The number of aryl methyl sites for hydroxylation is 2. The molecule has 1 N–H and O–H groups in total. The fraction of sp³-hybridized carbons (Fsp3) is 0.400. The average molecular weight is 288 g/mol. The number of benzene rings is 1. The van der Waals surface area contributed by atoms with Crippen LogP contribution in [0.15, 0.2) is 24.5 Å². The van der Waals surface area contributed by atoms with Crippen molar-refractivity contribution < 1.29 is 0 Å². The summed E-state index contributed by atoms with van der Waals surface area (Å²) in [6.45, 7) is 7.09. The predicted octanol–water partition coefficient (Wildman–Crippen LogP) is 3.55. The van der Waals surface area contributed by atoms with Crippen LogP contribution in [0.5, 0.6) is 0 Å². The van der Waals surface area contributed by atoms with Crippen LogP contribution in [-0.4, -0.2) is 21.1 Å². The molecule has 0 radical (unpaired) electrons. The van der Waals surface area contributed by atoms with Crippen LogP contribution in [0, 0.1) is 4.77 Å². The summed E-state index contributed by atoms with van der Waals surface area (Å²) in [5.74, 6) is 0.584. The van der Waals surface area contributed by atoms with Gasteiger partial charge in [0.1, 0.15) is 6.33 Å². The Bertz CT molecular complexity index is 626. The molecule has 0 unspecified atom stereocenters. The van der Waals surface area contributed by atoms with E-state index in [0.717, 1.165) is 25.1 Å². The van der Waals surface area contributed by atoms with E-state index in [1.807, 2.05) is 11.5 Å². The minimum absolute atomic E-state index is 0.534. The van der Waals surface area contributed by atoms with Crippen LogP contribution < -0.4 is 5.32 Å². The van der Waals surface area contributed by atoms with Gasteiger partial charge in [-0.15, -0.1) is 0 Å². The third kappa shape index (κ3) is 2.88. The first-order valence-corrected chi connectivity index (χ1v) is 7.42. The number of anilines is 1. The molecule has 4 nitrogen and oxygen atoms in total. The van der Waals surface area contributed by atoms with E-state index in [9.17, 15) is 0 Å². The second kappa shape index (κ2) is 6.61. The van der Waals surface area contributed by atoms with Crippen molar-refractivity contribution in [3.63, 3.8) is 0 Å². The Kier molecular flexibility index (Phi) is 4.84. The molecule has 0 amide bonds. The SMILES string of the molecule is CCNc1ncn(-c2c(CC)cccc2CC)c(=S)n1. The van der Waals surface area contributed by atoms with Gasteiger partial charge in [-0.25, -0.2) is 4.98 Å². The van der Waals surface area contributed by atoms with Gasteiger partial charge in [0.2, 0.25) is 10.7 Å². The van der Waals surface area contributed by atoms with Crippen LogP contribution in [0.2, 0.25) is 0 Å². The molecule has 2 aromatic rings. The van der Waals surface area contributed by atoms with Crippen molar-refractivity contribution in [1.29, 1.82) is 0 Å². The largest absolute Gasteiger partial charge is 0.354 e. The van der Waals surface area contributed by atoms with E-state index < -0.39 is 0 Å². The van der Waals surface area contributed by atoms with Gasteiger partial charge in [-0.3, -0.25) is 4.57 Å². The lowest BCUT2D eigenvalue weighted by Gasteiger charge is -2.15. The second-order valence-electron chi connectivity index (χ2n) is 4.49. The fourth-order valence-corrected chi connectivity index (χ4v) is 2.48. The van der Waals surface area contributed by atoms with E-state index in [4.69, 9.17) is 12.2 Å². The van der Waals surface area contributed by atoms with Gasteiger partial charge in [-0.2, -0.15) is 4.98 Å². The molecule has 1 aromatic heterocycles. The highest BCUT2D eigenvalue weighted by atomic mass is 32.1. The summed E-state index contributed by atoms with van der Waals surface area (Å²) in [7, 11) is 0. The molecule has 5 heteroatoms. The summed E-state index contributed by atoms with van der Waals surface area (Å²) >= 11 is 5.42. The van der Waals surface area contributed by atoms with Crippen molar-refractivity contribution in [1.82, 2.24) is 14.5 Å². The highest BCUT2D eigenvalue weighted by Crippen LogP contribution is 2.21. The Morgan fingerprint density at radius 2 is 1.80 bits per heavy atom. The zero-order valence-corrected chi connectivity index (χ0v) is 13.0. The van der Waals surface area contributed by atoms with Crippen molar-refractivity contribution in [3.05, 3.63) is 40.4 Å². The Labute approximate surface area is 124 Å². The van der Waals surface area contributed by atoms with Crippen LogP contribution >= 0.6 is 12.2 Å². The van der Waals surface area contributed by atoms with Crippen LogP contribution in [-0.2, 0) is 12.8 Å². The van der Waals surface area contributed by atoms with E-state index in [1.165, 1.54) is 11.1 Å². The normalized spacial score (nSPS) is 10.6. The summed E-state index contributed by atoms with van der Waals surface area (Å²) in [5.41, 5.74) is 3.66. The molecular weight excluding hydrogens is 268 g/mol. The zero-order valence-electron chi connectivity index (χ0n) is 12.2. The highest BCUT2D eigenvalue weighted by molar-refractivity contribution is 7.71. The first-order chi connectivity index (χ1) is 9.71. The van der Waals surface area contributed by atoms with Gasteiger partial charge in [-0.1, -0.05) is 32.0 Å². The molecular formula is C15H20N4S. The lowest BCUT2D eigenvalue weighted by atomic mass is 10.0. The monoisotopic (exact) mass is 288 g/mol. The van der Waals surface area contributed by atoms with Crippen LogP contribution in [0.1, 0.15) is 31.9 Å². The first kappa shape index (κ1) is 14.7. The van der Waals surface area contributed by atoms with Crippen LogP contribution in [0.3, 0.4) is 0 Å². The smallest absolute Gasteiger partial charge is 0.226 e. The highest BCUT2D eigenvalue weighted by Gasteiger charge is 2.10. The van der Waals surface area contributed by atoms with Crippen molar-refractivity contribution in [2.45, 2.75) is 33.6 Å². The first-order valence-electron chi connectivity index (χ1n) is 7.01. The lowest BCUT2D eigenvalue weighted by molar-refractivity contribution is 0.861. The van der Waals surface area contributed by atoms with Crippen LogP contribution in [0.4, 0.5) is 5.95 Å². The summed E-state index contributed by atoms with van der Waals surface area (Å²) in [4.78, 5) is 8.68. The van der Waals surface area contributed by atoms with Crippen molar-refractivity contribution in [2.24, 2.45) is 0 Å². The summed E-state index contributed by atoms with van der Waals surface area (Å²) in [5, 5.41) is 3.08. The van der Waals surface area contributed by atoms with Crippen molar-refractivity contribution >= 4 is 18.2 Å². The predicted molar refractivity (Wildman–Crippen MR) is 85.1 cm³/mol. The third-order valence-electron chi connectivity index (χ3n) is 3.24. The van der Waals surface area contributed by atoms with Gasteiger partial charge in [-0.05, 0) is 43.1 Å². The van der Waals surface area contributed by atoms with Crippen LogP contribution in [0.25, 0.3) is 5.69 Å². The van der Waals surface area contributed by atoms with E-state index in [0.29, 0.717) is 10.7 Å². The number of nitrogens with one attached hydrogen (secondary N) is 1. The Hall–Kier alpha value is -1.75. The molecule has 0 aliphatic rings. The van der Waals surface area contributed by atoms with Gasteiger partial charge in [0.15, 0.2) is 0 Å². The zero-order chi connectivity index (χ0) is 14.5. The molecule has 0 atom stereocenters. The molecule has 106 valence electrons. The molecule has 0 saturated heterocycles. The number of rotatable bonds is 5. The molecule has 20 heavy (non-hydrogen) atoms. The number of hydrogen-bond acceptors (Lipinski definition) is 4. The lowest BCUT2D eigenvalue weighted by Crippen LogP contribution is -2.10. The number of para-hydroxylation sites is 1. The molecule has 0 saturated carbocycles. The topological polar surface area (TPSA) is 42.7 Å². The van der Waals surface area contributed by atoms with E-state index in [2.05, 4.69) is 47.3 Å². The average Bonchev–Trinajstić information content (AvgIpc) is 2.47. The Morgan fingerprint density at radius 3 is 2.30 bits per heavy atom. The minimum atomic E-state index is 0.534. The summed E-state index contributed by atoms with van der Waals surface area (Å²) < 4.78 is 2.44. The molecule has 0 bridgehead atoms. The third-order valence-corrected chi connectivity index (χ3v) is 3.53. The molecule has 1 aromatic carbocycles. The van der Waals surface area contributed by atoms with Gasteiger partial charge in [0.25, 0.3) is 0 Å². The number of aromatic nitrogens is 3. The molecule has 0 fully saturated rings. The van der Waals surface area contributed by atoms with E-state index in [-0.39, 0.29) is 0 Å². The molecule has 0 aliphatic carbocycles. The molecule has 1 heterocycles. The summed E-state index contributed by atoms with van der Waals surface area (Å²) in [6, 6.07) is 6.36. The van der Waals surface area contributed by atoms with Gasteiger partial charge in [0, 0.05) is 6.54 Å². The molecule has 2 rings (SSSR count). The quantitative estimate of drug-likeness (QED) is 0.854. The van der Waals surface area contributed by atoms with Gasteiger partial charge in [0.05, 0.1) is 5.69 Å². The maximum absolute atomic E-state index is 5.42. The molecule has 0 aliphatic heterocycles. The number of nitrogens with zero attached hydrogens (tertiary/aromatic N) is 3. The summed E-state index contributed by atoms with van der Waals surface area (Å²) in [6.07, 6.45) is 3.68. The Morgan fingerprint density at radius 1 is 1.15 bits per heavy atom. The van der Waals surface area contributed by atoms with E-state index >= 15 is 0 Å². The molecule has 0 spiro atoms. The maximum Gasteiger partial charge on any atom is 0.226 e. The fourth-order valence-electron chi connectivity index (χ4n) is 2.26. The van der Waals surface area contributed by atoms with Crippen molar-refractivity contribution in [3.8, 4) is 5.69 Å². The van der Waals surface area contributed by atoms with Crippen molar-refractivity contribution in [2.75, 3.05) is 11.9 Å². The minimum Gasteiger partial charge on any atom is -0.354 e. The van der Waals surface area contributed by atoms with Gasteiger partial charge >= 0.3 is 0 Å². The number of hydrogen-bond donors (Lipinski definition) is 1. The second-order valence-corrected chi connectivity index (χ2v) is 4.86. The van der Waals surface area contributed by atoms with Gasteiger partial charge < -0.3 is 5.32 Å².